The van der Waals surface area contributed by atoms with Crippen LogP contribution < -0.4 is 0 Å². The summed E-state index contributed by atoms with van der Waals surface area (Å²) in [4.78, 5) is 25.0. The number of nitrogens with zero attached hydrogens (tertiary/aromatic N) is 1. The minimum absolute atomic E-state index is 0.0466. The van der Waals surface area contributed by atoms with Gasteiger partial charge in [0, 0.05) is 22.9 Å². The Morgan fingerprint density at radius 3 is 2.20 bits per heavy atom. The molecule has 0 radical (unpaired) electrons. The van der Waals surface area contributed by atoms with E-state index in [1.807, 2.05) is 19.1 Å². The summed E-state index contributed by atoms with van der Waals surface area (Å²) in [6.07, 6.45) is 0.211. The Labute approximate surface area is 210 Å². The van der Waals surface area contributed by atoms with E-state index in [1.165, 1.54) is 18.2 Å². The highest BCUT2D eigenvalue weighted by atomic mass is 35.5. The van der Waals surface area contributed by atoms with Crippen molar-refractivity contribution in [1.82, 2.24) is 3.97 Å². The number of alkyl halides is 1. The van der Waals surface area contributed by atoms with Gasteiger partial charge in [0.2, 0.25) is 0 Å². The van der Waals surface area contributed by atoms with E-state index < -0.39 is 33.8 Å². The number of methoxy groups -OCH3 is 2. The van der Waals surface area contributed by atoms with E-state index in [0.29, 0.717) is 22.2 Å². The molecule has 0 amide bonds. The SMILES string of the molecule is C=C(CCl)CC(CC(C(=O)OC)C(=O)OC)c1cc2ccccc2n1S(=O)(=O)c1ccc(C)cc1. The predicted octanol–water partition coefficient (Wildman–Crippen LogP) is 4.81. The van der Waals surface area contributed by atoms with Gasteiger partial charge in [0.1, 0.15) is 0 Å². The topological polar surface area (TPSA) is 91.7 Å². The minimum Gasteiger partial charge on any atom is -0.468 e. The van der Waals surface area contributed by atoms with E-state index in [1.54, 1.807) is 42.5 Å². The van der Waals surface area contributed by atoms with Gasteiger partial charge in [-0.25, -0.2) is 12.4 Å². The Hall–Kier alpha value is -3.10. The molecule has 0 fully saturated rings. The van der Waals surface area contributed by atoms with Crippen molar-refractivity contribution in [2.45, 2.75) is 30.6 Å². The molecule has 0 N–H and O–H groups in total. The molecule has 2 aromatic carbocycles. The smallest absolute Gasteiger partial charge is 0.320 e. The first-order chi connectivity index (χ1) is 16.6. The Balaban J connectivity index is 2.25. The summed E-state index contributed by atoms with van der Waals surface area (Å²) in [7, 11) is -1.65. The van der Waals surface area contributed by atoms with Crippen molar-refractivity contribution in [2.24, 2.45) is 5.92 Å². The first-order valence-corrected chi connectivity index (χ1v) is 12.9. The summed E-state index contributed by atoms with van der Waals surface area (Å²) < 4.78 is 38.7. The van der Waals surface area contributed by atoms with Crippen LogP contribution in [0, 0.1) is 12.8 Å². The first-order valence-electron chi connectivity index (χ1n) is 10.9. The number of aromatic nitrogens is 1. The number of hydrogen-bond acceptors (Lipinski definition) is 6. The average molecular weight is 518 g/mol. The highest BCUT2D eigenvalue weighted by molar-refractivity contribution is 7.90. The summed E-state index contributed by atoms with van der Waals surface area (Å²) >= 11 is 6.01. The second-order valence-corrected chi connectivity index (χ2v) is 10.4. The van der Waals surface area contributed by atoms with E-state index in [-0.39, 0.29) is 23.6 Å². The van der Waals surface area contributed by atoms with Gasteiger partial charge in [-0.15, -0.1) is 11.6 Å². The molecule has 35 heavy (non-hydrogen) atoms. The predicted molar refractivity (Wildman–Crippen MR) is 135 cm³/mol. The number of carbonyl (C=O) groups excluding carboxylic acids is 2. The molecule has 186 valence electrons. The lowest BCUT2D eigenvalue weighted by Gasteiger charge is -2.23. The molecule has 1 aromatic heterocycles. The van der Waals surface area contributed by atoms with Gasteiger partial charge in [-0.1, -0.05) is 48.0 Å². The van der Waals surface area contributed by atoms with Crippen molar-refractivity contribution < 1.29 is 27.5 Å². The van der Waals surface area contributed by atoms with Crippen LogP contribution in [0.25, 0.3) is 10.9 Å². The number of ether oxygens (including phenoxy) is 2. The van der Waals surface area contributed by atoms with Crippen molar-refractivity contribution in [1.29, 1.82) is 0 Å². The number of fused-ring (bicyclic) bond motifs is 1. The lowest BCUT2D eigenvalue weighted by atomic mass is 9.87. The van der Waals surface area contributed by atoms with Crippen LogP contribution in [0.1, 0.15) is 30.0 Å². The quantitative estimate of drug-likeness (QED) is 0.166. The number of carbonyl (C=O) groups is 2. The maximum Gasteiger partial charge on any atom is 0.320 e. The number of benzene rings is 2. The third-order valence-electron chi connectivity index (χ3n) is 5.89. The van der Waals surface area contributed by atoms with Gasteiger partial charge >= 0.3 is 11.9 Å². The Morgan fingerprint density at radius 1 is 1.03 bits per heavy atom. The van der Waals surface area contributed by atoms with E-state index in [0.717, 1.165) is 5.56 Å². The number of allylic oxidation sites excluding steroid dienone is 1. The number of esters is 2. The Kier molecular flexibility index (Phi) is 8.40. The largest absolute Gasteiger partial charge is 0.468 e. The molecule has 0 saturated carbocycles. The summed E-state index contributed by atoms with van der Waals surface area (Å²) in [6.45, 7) is 5.84. The molecular formula is C26H28ClNO6S. The summed E-state index contributed by atoms with van der Waals surface area (Å²) in [6, 6.07) is 15.4. The lowest BCUT2D eigenvalue weighted by molar-refractivity contribution is -0.159. The molecule has 1 atom stereocenters. The van der Waals surface area contributed by atoms with E-state index in [9.17, 15) is 18.0 Å². The minimum atomic E-state index is -4.02. The van der Waals surface area contributed by atoms with Gasteiger partial charge in [-0.2, -0.15) is 0 Å². The zero-order chi connectivity index (χ0) is 25.8. The highest BCUT2D eigenvalue weighted by Gasteiger charge is 2.35. The molecule has 9 heteroatoms. The molecule has 3 rings (SSSR count). The van der Waals surface area contributed by atoms with Crippen molar-refractivity contribution in [2.75, 3.05) is 20.1 Å². The third-order valence-corrected chi connectivity index (χ3v) is 8.02. The second kappa shape index (κ2) is 11.1. The second-order valence-electron chi connectivity index (χ2n) is 8.33. The monoisotopic (exact) mass is 517 g/mol. The van der Waals surface area contributed by atoms with Gasteiger partial charge < -0.3 is 9.47 Å². The molecule has 0 bridgehead atoms. The van der Waals surface area contributed by atoms with E-state index >= 15 is 0 Å². The molecule has 0 saturated heterocycles. The normalized spacial score (nSPS) is 12.5. The number of rotatable bonds is 10. The van der Waals surface area contributed by atoms with Crippen LogP contribution >= 0.6 is 11.6 Å². The van der Waals surface area contributed by atoms with Crippen LogP contribution in [0.2, 0.25) is 0 Å². The standard InChI is InChI=1S/C26H28ClNO6S/c1-17-9-11-21(12-10-17)35(31,32)28-23-8-6-5-7-19(23)15-24(28)20(13-18(2)16-27)14-22(25(29)33-3)26(30)34-4/h5-12,15,20,22H,2,13-14,16H2,1,3-4H3. The fraction of sp³-hybridized carbons (Fsp3) is 0.308. The number of halogens is 1. The summed E-state index contributed by atoms with van der Waals surface area (Å²) in [5.41, 5.74) is 2.46. The third kappa shape index (κ3) is 5.60. The van der Waals surface area contributed by atoms with Crippen LogP contribution in [0.4, 0.5) is 0 Å². The number of para-hydroxylation sites is 1. The van der Waals surface area contributed by atoms with E-state index in [4.69, 9.17) is 21.1 Å². The van der Waals surface area contributed by atoms with Gasteiger partial charge in [-0.05, 0) is 44.0 Å². The van der Waals surface area contributed by atoms with Crippen LogP contribution in [0.5, 0.6) is 0 Å². The van der Waals surface area contributed by atoms with Gasteiger partial charge in [0.05, 0.1) is 24.6 Å². The average Bonchev–Trinajstić information content (AvgIpc) is 3.26. The number of hydrogen-bond donors (Lipinski definition) is 0. The highest BCUT2D eigenvalue weighted by Crippen LogP contribution is 2.37. The van der Waals surface area contributed by atoms with Crippen LogP contribution in [-0.2, 0) is 29.1 Å². The Bertz CT molecular complexity index is 1330. The van der Waals surface area contributed by atoms with Crippen molar-refractivity contribution in [3.05, 3.63) is 78.0 Å². The lowest BCUT2D eigenvalue weighted by Crippen LogP contribution is -2.29. The fourth-order valence-electron chi connectivity index (χ4n) is 4.09. The van der Waals surface area contributed by atoms with Crippen molar-refractivity contribution in [3.63, 3.8) is 0 Å². The zero-order valence-electron chi connectivity index (χ0n) is 19.9. The van der Waals surface area contributed by atoms with Crippen molar-refractivity contribution in [3.8, 4) is 0 Å². The molecule has 0 spiro atoms. The van der Waals surface area contributed by atoms with Crippen LogP contribution in [0.3, 0.4) is 0 Å². The molecule has 7 nitrogen and oxygen atoms in total. The number of aryl methyl sites for hydroxylation is 1. The molecule has 1 unspecified atom stereocenters. The maximum absolute atomic E-state index is 13.9. The molecule has 0 aliphatic rings. The summed E-state index contributed by atoms with van der Waals surface area (Å²) in [5, 5.41) is 0.701. The van der Waals surface area contributed by atoms with Crippen molar-refractivity contribution >= 4 is 44.5 Å². The molecular weight excluding hydrogens is 490 g/mol. The molecule has 1 heterocycles. The van der Waals surface area contributed by atoms with E-state index in [2.05, 4.69) is 6.58 Å². The maximum atomic E-state index is 13.9. The van der Waals surface area contributed by atoms with Gasteiger partial charge in [-0.3, -0.25) is 9.59 Å². The first kappa shape index (κ1) is 26.5. The summed E-state index contributed by atoms with van der Waals surface area (Å²) in [5.74, 6) is -3.23. The Morgan fingerprint density at radius 2 is 1.63 bits per heavy atom. The van der Waals surface area contributed by atoms with Gasteiger partial charge in [0.25, 0.3) is 10.0 Å². The fourth-order valence-corrected chi connectivity index (χ4v) is 5.79. The molecule has 3 aromatic rings. The van der Waals surface area contributed by atoms with Gasteiger partial charge in [0.15, 0.2) is 5.92 Å². The van der Waals surface area contributed by atoms with Crippen LogP contribution in [0.15, 0.2) is 71.6 Å². The molecule has 0 aliphatic carbocycles. The van der Waals surface area contributed by atoms with Crippen LogP contribution in [-0.4, -0.2) is 44.4 Å². The zero-order valence-corrected chi connectivity index (χ0v) is 21.4. The molecule has 0 aliphatic heterocycles.